The molecule has 0 fully saturated rings. The molecule has 26 heavy (non-hydrogen) atoms. The van der Waals surface area contributed by atoms with Crippen LogP contribution >= 0.6 is 15.9 Å². The minimum Gasteiger partial charge on any atom is -0.370 e. The Morgan fingerprint density at radius 1 is 1.23 bits per heavy atom. The van der Waals surface area contributed by atoms with Crippen molar-refractivity contribution >= 4 is 39.2 Å². The highest BCUT2D eigenvalue weighted by atomic mass is 79.9. The summed E-state index contributed by atoms with van der Waals surface area (Å²) in [4.78, 5) is 18.7. The third-order valence-electron chi connectivity index (χ3n) is 4.23. The first-order chi connectivity index (χ1) is 12.4. The van der Waals surface area contributed by atoms with Gasteiger partial charge in [-0.3, -0.25) is 4.79 Å². The first-order valence-electron chi connectivity index (χ1n) is 8.69. The molecule has 0 saturated carbocycles. The second-order valence-corrected chi connectivity index (χ2v) is 7.77. The Hall–Kier alpha value is -2.34. The van der Waals surface area contributed by atoms with E-state index in [9.17, 15) is 4.79 Å². The van der Waals surface area contributed by atoms with Crippen molar-refractivity contribution in [2.24, 2.45) is 16.6 Å². The maximum absolute atomic E-state index is 11.7. The van der Waals surface area contributed by atoms with Gasteiger partial charge in [0.05, 0.1) is 18.2 Å². The summed E-state index contributed by atoms with van der Waals surface area (Å²) < 4.78 is 1.02. The van der Waals surface area contributed by atoms with Crippen molar-refractivity contribution in [3.05, 3.63) is 58.6 Å². The van der Waals surface area contributed by atoms with Crippen molar-refractivity contribution in [2.45, 2.75) is 26.3 Å². The summed E-state index contributed by atoms with van der Waals surface area (Å²) in [5, 5.41) is 3.41. The van der Waals surface area contributed by atoms with Gasteiger partial charge in [-0.25, -0.2) is 4.99 Å². The van der Waals surface area contributed by atoms with Crippen LogP contribution in [-0.2, 0) is 4.79 Å². The molecule has 2 aromatic rings. The summed E-state index contributed by atoms with van der Waals surface area (Å²) >= 11 is 3.45. The number of benzene rings is 2. The van der Waals surface area contributed by atoms with Gasteiger partial charge in [-0.15, -0.1) is 0 Å². The summed E-state index contributed by atoms with van der Waals surface area (Å²) in [6.45, 7) is 5.08. The molecule has 3 N–H and O–H groups in total. The maximum atomic E-state index is 11.7. The van der Waals surface area contributed by atoms with E-state index in [1.54, 1.807) is 0 Å². The number of hydrogen-bond donors (Lipinski definition) is 2. The Bertz CT molecular complexity index is 817. The lowest BCUT2D eigenvalue weighted by molar-refractivity contribution is -0.119. The van der Waals surface area contributed by atoms with E-state index < -0.39 is 0 Å². The third-order valence-corrected chi connectivity index (χ3v) is 4.76. The predicted octanol–water partition coefficient (Wildman–Crippen LogP) is 4.44. The Kier molecular flexibility index (Phi) is 5.61. The molecule has 2 aromatic carbocycles. The van der Waals surface area contributed by atoms with E-state index in [-0.39, 0.29) is 18.4 Å². The van der Waals surface area contributed by atoms with Gasteiger partial charge in [0, 0.05) is 22.3 Å². The van der Waals surface area contributed by atoms with Gasteiger partial charge in [0.25, 0.3) is 0 Å². The Balaban J connectivity index is 2.02. The Morgan fingerprint density at radius 2 is 1.92 bits per heavy atom. The van der Waals surface area contributed by atoms with Crippen molar-refractivity contribution in [1.82, 2.24) is 4.90 Å². The van der Waals surface area contributed by atoms with Crippen LogP contribution in [0.1, 0.15) is 31.9 Å². The quantitative estimate of drug-likeness (QED) is 0.759. The highest BCUT2D eigenvalue weighted by Crippen LogP contribution is 2.37. The van der Waals surface area contributed by atoms with E-state index in [1.807, 2.05) is 48.5 Å². The molecular formula is C20H23BrN4O. The highest BCUT2D eigenvalue weighted by Gasteiger charge is 2.31. The number of primary amides is 1. The molecule has 1 unspecified atom stereocenters. The molecule has 0 radical (unpaired) electrons. The van der Waals surface area contributed by atoms with Gasteiger partial charge in [-0.2, -0.15) is 0 Å². The number of para-hydroxylation sites is 1. The normalized spacial score (nSPS) is 16.2. The minimum absolute atomic E-state index is 0.124. The van der Waals surface area contributed by atoms with Gasteiger partial charge >= 0.3 is 0 Å². The average Bonchev–Trinajstić information content (AvgIpc) is 2.59. The van der Waals surface area contributed by atoms with Gasteiger partial charge in [-0.05, 0) is 36.2 Å². The van der Waals surface area contributed by atoms with Crippen LogP contribution in [0, 0.1) is 5.92 Å². The zero-order valence-corrected chi connectivity index (χ0v) is 16.5. The molecular weight excluding hydrogens is 392 g/mol. The predicted molar refractivity (Wildman–Crippen MR) is 109 cm³/mol. The van der Waals surface area contributed by atoms with Crippen molar-refractivity contribution in [1.29, 1.82) is 0 Å². The van der Waals surface area contributed by atoms with Crippen LogP contribution in [-0.4, -0.2) is 23.3 Å². The molecule has 5 nitrogen and oxygen atoms in total. The van der Waals surface area contributed by atoms with Crippen molar-refractivity contribution in [3.8, 4) is 0 Å². The summed E-state index contributed by atoms with van der Waals surface area (Å²) in [6.07, 6.45) is 0.255. The van der Waals surface area contributed by atoms with Crippen LogP contribution in [0.25, 0.3) is 0 Å². The van der Waals surface area contributed by atoms with Crippen molar-refractivity contribution in [2.75, 3.05) is 11.9 Å². The zero-order chi connectivity index (χ0) is 18.7. The monoisotopic (exact) mass is 414 g/mol. The number of carbonyl (C=O) groups excluding carboxylic acids is 1. The minimum atomic E-state index is -0.316. The van der Waals surface area contributed by atoms with Gasteiger partial charge in [0.15, 0.2) is 0 Å². The lowest BCUT2D eigenvalue weighted by atomic mass is 9.97. The smallest absolute Gasteiger partial charge is 0.219 e. The van der Waals surface area contributed by atoms with Crippen LogP contribution in [0.2, 0.25) is 0 Å². The molecule has 136 valence electrons. The number of carbonyl (C=O) groups is 1. The lowest BCUT2D eigenvalue weighted by Gasteiger charge is -2.39. The number of halogens is 1. The topological polar surface area (TPSA) is 70.7 Å². The van der Waals surface area contributed by atoms with Crippen molar-refractivity contribution < 1.29 is 4.79 Å². The van der Waals surface area contributed by atoms with E-state index in [2.05, 4.69) is 40.0 Å². The van der Waals surface area contributed by atoms with Crippen LogP contribution in [0.5, 0.6) is 0 Å². The molecule has 3 rings (SSSR count). The number of anilines is 1. The number of hydrogen-bond acceptors (Lipinski definition) is 4. The summed E-state index contributed by atoms with van der Waals surface area (Å²) in [5.74, 6) is 0.835. The van der Waals surface area contributed by atoms with E-state index in [0.717, 1.165) is 33.9 Å². The SMILES string of the molecule is CC(C)CN1C(Nc2ccc(Br)cc2)=Nc2ccccc2C1CC(N)=O. The van der Waals surface area contributed by atoms with Crippen LogP contribution in [0.15, 0.2) is 58.0 Å². The van der Waals surface area contributed by atoms with E-state index >= 15 is 0 Å². The van der Waals surface area contributed by atoms with Crippen LogP contribution < -0.4 is 11.1 Å². The number of guanidine groups is 1. The average molecular weight is 415 g/mol. The first kappa shape index (κ1) is 18.5. The lowest BCUT2D eigenvalue weighted by Crippen LogP contribution is -2.44. The number of fused-ring (bicyclic) bond motifs is 1. The molecule has 1 aliphatic rings. The van der Waals surface area contributed by atoms with Crippen molar-refractivity contribution in [3.63, 3.8) is 0 Å². The van der Waals surface area contributed by atoms with Crippen LogP contribution in [0.3, 0.4) is 0 Å². The molecule has 1 amide bonds. The number of nitrogens with one attached hydrogen (secondary N) is 1. The Labute approximate surface area is 162 Å². The molecule has 1 atom stereocenters. The maximum Gasteiger partial charge on any atom is 0.219 e. The fourth-order valence-corrected chi connectivity index (χ4v) is 3.41. The summed E-state index contributed by atoms with van der Waals surface area (Å²) in [5.41, 5.74) is 8.41. The molecule has 1 aliphatic heterocycles. The number of rotatable bonds is 5. The van der Waals surface area contributed by atoms with Gasteiger partial charge in [-0.1, -0.05) is 48.0 Å². The highest BCUT2D eigenvalue weighted by molar-refractivity contribution is 9.10. The van der Waals surface area contributed by atoms with Crippen LogP contribution in [0.4, 0.5) is 11.4 Å². The second-order valence-electron chi connectivity index (χ2n) is 6.86. The van der Waals surface area contributed by atoms with E-state index in [1.165, 1.54) is 0 Å². The van der Waals surface area contributed by atoms with Gasteiger partial charge < -0.3 is 16.0 Å². The molecule has 0 spiro atoms. The third kappa shape index (κ3) is 4.25. The van der Waals surface area contributed by atoms with E-state index in [0.29, 0.717) is 5.92 Å². The molecule has 6 heteroatoms. The molecule has 1 heterocycles. The molecule has 0 aromatic heterocycles. The zero-order valence-electron chi connectivity index (χ0n) is 14.9. The number of nitrogens with zero attached hydrogens (tertiary/aromatic N) is 2. The largest absolute Gasteiger partial charge is 0.370 e. The molecule has 0 saturated heterocycles. The fourth-order valence-electron chi connectivity index (χ4n) is 3.14. The summed E-state index contributed by atoms with van der Waals surface area (Å²) in [7, 11) is 0. The van der Waals surface area contributed by atoms with Gasteiger partial charge in [0.1, 0.15) is 0 Å². The molecule has 0 bridgehead atoms. The number of aliphatic imine (C=N–C) groups is 1. The summed E-state index contributed by atoms with van der Waals surface area (Å²) in [6, 6.07) is 15.7. The molecule has 0 aliphatic carbocycles. The number of nitrogens with two attached hydrogens (primary N) is 1. The van der Waals surface area contributed by atoms with E-state index in [4.69, 9.17) is 10.7 Å². The van der Waals surface area contributed by atoms with Gasteiger partial charge in [0.2, 0.25) is 11.9 Å². The fraction of sp³-hybridized carbons (Fsp3) is 0.300. The first-order valence-corrected chi connectivity index (χ1v) is 9.48. The Morgan fingerprint density at radius 3 is 2.58 bits per heavy atom. The second kappa shape index (κ2) is 7.91. The number of amides is 1. The standard InChI is InChI=1S/C20H23BrN4O/c1-13(2)12-25-18(11-19(22)26)16-5-3-4-6-17(16)24-20(25)23-15-9-7-14(21)8-10-15/h3-10,13,18H,11-12H2,1-2H3,(H2,22,26)(H,23,24).